The molecule has 0 aromatic heterocycles. The minimum Gasteiger partial charge on any atom is -0.469 e. The molecule has 1 amide bonds. The summed E-state index contributed by atoms with van der Waals surface area (Å²) in [5, 5.41) is 2.89. The number of hydrogen-bond donors (Lipinski definition) is 1. The summed E-state index contributed by atoms with van der Waals surface area (Å²) >= 11 is 0. The number of nitrogens with zero attached hydrogens (tertiary/aromatic N) is 3. The molecule has 0 bridgehead atoms. The van der Waals surface area contributed by atoms with Crippen LogP contribution in [0.5, 0.6) is 0 Å². The molecule has 1 saturated carbocycles. The van der Waals surface area contributed by atoms with E-state index in [1.807, 2.05) is 58.8 Å². The lowest BCUT2D eigenvalue weighted by Gasteiger charge is -2.37. The Balaban J connectivity index is 2.85. The van der Waals surface area contributed by atoms with E-state index >= 15 is 0 Å². The molecule has 8 nitrogen and oxygen atoms in total. The molecule has 1 aliphatic rings. The first-order chi connectivity index (χ1) is 13.0. The second kappa shape index (κ2) is 10.5. The zero-order chi connectivity index (χ0) is 21.5. The minimum atomic E-state index is -0.581. The van der Waals surface area contributed by atoms with Crippen LogP contribution in [-0.2, 0) is 14.3 Å². The second-order valence-corrected chi connectivity index (χ2v) is 8.75. The Bertz CT molecular complexity index is 545. The van der Waals surface area contributed by atoms with Gasteiger partial charge in [-0.1, -0.05) is 6.42 Å². The van der Waals surface area contributed by atoms with Gasteiger partial charge in [-0.2, -0.15) is 0 Å². The van der Waals surface area contributed by atoms with Gasteiger partial charge in [0, 0.05) is 40.8 Å². The lowest BCUT2D eigenvalue weighted by Crippen LogP contribution is -2.50. The minimum absolute atomic E-state index is 0.107. The number of carbonyl (C=O) groups excluding carboxylic acids is 2. The maximum atomic E-state index is 12.5. The van der Waals surface area contributed by atoms with Crippen LogP contribution in [0.15, 0.2) is 4.99 Å². The Labute approximate surface area is 169 Å². The highest BCUT2D eigenvalue weighted by molar-refractivity contribution is 5.79. The second-order valence-electron chi connectivity index (χ2n) is 8.75. The highest BCUT2D eigenvalue weighted by Gasteiger charge is 2.40. The summed E-state index contributed by atoms with van der Waals surface area (Å²) in [7, 11) is 9.22. The van der Waals surface area contributed by atoms with E-state index in [-0.39, 0.29) is 23.8 Å². The smallest absolute Gasteiger partial charge is 0.407 e. The van der Waals surface area contributed by atoms with Gasteiger partial charge in [-0.3, -0.25) is 9.79 Å². The summed E-state index contributed by atoms with van der Waals surface area (Å²) in [6, 6.07) is -0.285. The van der Waals surface area contributed by atoms with Gasteiger partial charge in [0.05, 0.1) is 13.0 Å². The van der Waals surface area contributed by atoms with E-state index in [9.17, 15) is 9.59 Å². The van der Waals surface area contributed by atoms with E-state index in [1.54, 1.807) is 0 Å². The molecule has 0 aromatic rings. The number of nitrogens with one attached hydrogen (secondary N) is 1. The van der Waals surface area contributed by atoms with Gasteiger partial charge in [0.2, 0.25) is 0 Å². The van der Waals surface area contributed by atoms with Crippen LogP contribution in [0.3, 0.4) is 0 Å². The fraction of sp³-hybridized carbons (Fsp3) is 0.850. The average molecular weight is 399 g/mol. The number of esters is 1. The van der Waals surface area contributed by atoms with Crippen molar-refractivity contribution in [1.29, 1.82) is 0 Å². The molecule has 0 spiro atoms. The summed E-state index contributed by atoms with van der Waals surface area (Å²) in [6.07, 6.45) is 2.86. The van der Waals surface area contributed by atoms with Crippen LogP contribution in [0.1, 0.15) is 46.5 Å². The van der Waals surface area contributed by atoms with Crippen LogP contribution in [-0.4, -0.2) is 81.3 Å². The summed E-state index contributed by atoms with van der Waals surface area (Å²) < 4.78 is 10.4. The molecule has 0 radical (unpaired) electrons. The van der Waals surface area contributed by atoms with E-state index in [1.165, 1.54) is 7.11 Å². The molecule has 28 heavy (non-hydrogen) atoms. The topological polar surface area (TPSA) is 83.5 Å². The van der Waals surface area contributed by atoms with E-state index in [0.717, 1.165) is 31.6 Å². The third kappa shape index (κ3) is 7.56. The Hall–Kier alpha value is -1.99. The van der Waals surface area contributed by atoms with Gasteiger partial charge in [-0.25, -0.2) is 4.79 Å². The van der Waals surface area contributed by atoms with Crippen molar-refractivity contribution in [2.75, 3.05) is 41.8 Å². The maximum absolute atomic E-state index is 12.5. The Morgan fingerprint density at radius 3 is 2.21 bits per heavy atom. The van der Waals surface area contributed by atoms with Gasteiger partial charge in [0.1, 0.15) is 5.60 Å². The van der Waals surface area contributed by atoms with Crippen LogP contribution >= 0.6 is 0 Å². The molecule has 0 aromatic carbocycles. The highest BCUT2D eigenvalue weighted by Crippen LogP contribution is 2.34. The van der Waals surface area contributed by atoms with Crippen LogP contribution < -0.4 is 5.32 Å². The summed E-state index contributed by atoms with van der Waals surface area (Å²) in [5.74, 6) is 0.322. The fourth-order valence-corrected chi connectivity index (χ4v) is 3.74. The van der Waals surface area contributed by atoms with E-state index < -0.39 is 11.7 Å². The Kier molecular flexibility index (Phi) is 9.04. The first-order valence-electron chi connectivity index (χ1n) is 9.92. The number of amides is 1. The Morgan fingerprint density at radius 2 is 1.71 bits per heavy atom. The number of carbonyl (C=O) groups is 2. The van der Waals surface area contributed by atoms with Crippen molar-refractivity contribution in [3.8, 4) is 0 Å². The predicted molar refractivity (Wildman–Crippen MR) is 110 cm³/mol. The van der Waals surface area contributed by atoms with Gasteiger partial charge in [-0.15, -0.1) is 0 Å². The lowest BCUT2D eigenvalue weighted by molar-refractivity contribution is -0.150. The number of alkyl carbamates (subject to hydrolysis) is 1. The molecule has 3 atom stereocenters. The molecule has 1 rings (SSSR count). The number of ether oxygens (including phenoxy) is 2. The lowest BCUT2D eigenvalue weighted by atomic mass is 9.74. The molecule has 0 aliphatic heterocycles. The molecule has 8 heteroatoms. The standard InChI is InChI=1S/C20H38N4O4/c1-20(2,3)28-19(26)22-15-11-9-10-14(16(15)17(25)27-8)12-13-21-18(23(4)5)24(6)7/h14-16H,9-13H2,1-8H3,(H,22,26)/t14-,15-,16-/m1/s1. The number of hydrogen-bond acceptors (Lipinski definition) is 5. The summed E-state index contributed by atoms with van der Waals surface area (Å²) in [6.45, 7) is 6.07. The first kappa shape index (κ1) is 24.0. The van der Waals surface area contributed by atoms with Crippen molar-refractivity contribution in [3.63, 3.8) is 0 Å². The SMILES string of the molecule is COC(=O)[C@@H]1[C@@H](CCN=C(N(C)C)N(C)C)CCC[C@H]1NC(=O)OC(C)(C)C. The van der Waals surface area contributed by atoms with Crippen molar-refractivity contribution in [3.05, 3.63) is 0 Å². The van der Waals surface area contributed by atoms with Crippen LogP contribution in [0.2, 0.25) is 0 Å². The molecule has 162 valence electrons. The van der Waals surface area contributed by atoms with Crippen LogP contribution in [0.25, 0.3) is 0 Å². The van der Waals surface area contributed by atoms with E-state index in [0.29, 0.717) is 6.54 Å². The molecular formula is C20H38N4O4. The summed E-state index contributed by atoms with van der Waals surface area (Å²) in [5.41, 5.74) is -0.581. The van der Waals surface area contributed by atoms with Gasteiger partial charge in [0.15, 0.2) is 5.96 Å². The molecule has 0 saturated heterocycles. The van der Waals surface area contributed by atoms with Gasteiger partial charge >= 0.3 is 12.1 Å². The number of rotatable bonds is 5. The molecule has 0 heterocycles. The molecule has 0 unspecified atom stereocenters. The normalized spacial score (nSPS) is 22.1. The van der Waals surface area contributed by atoms with Crippen molar-refractivity contribution in [2.24, 2.45) is 16.8 Å². The van der Waals surface area contributed by atoms with E-state index in [2.05, 4.69) is 10.3 Å². The number of aliphatic imine (C=N–C) groups is 1. The quantitative estimate of drug-likeness (QED) is 0.435. The van der Waals surface area contributed by atoms with Crippen LogP contribution in [0, 0.1) is 11.8 Å². The average Bonchev–Trinajstić information content (AvgIpc) is 2.55. The zero-order valence-corrected chi connectivity index (χ0v) is 18.7. The maximum Gasteiger partial charge on any atom is 0.407 e. The van der Waals surface area contributed by atoms with Crippen LogP contribution in [0.4, 0.5) is 4.79 Å². The van der Waals surface area contributed by atoms with E-state index in [4.69, 9.17) is 9.47 Å². The fourth-order valence-electron chi connectivity index (χ4n) is 3.74. The van der Waals surface area contributed by atoms with Crippen molar-refractivity contribution >= 4 is 18.0 Å². The first-order valence-corrected chi connectivity index (χ1v) is 9.92. The molecule has 1 N–H and O–H groups in total. The number of guanidine groups is 1. The third-order valence-electron chi connectivity index (χ3n) is 4.76. The summed E-state index contributed by atoms with van der Waals surface area (Å²) in [4.78, 5) is 33.3. The zero-order valence-electron chi connectivity index (χ0n) is 18.7. The highest BCUT2D eigenvalue weighted by atomic mass is 16.6. The molecule has 1 fully saturated rings. The van der Waals surface area contributed by atoms with Crippen molar-refractivity contribution in [1.82, 2.24) is 15.1 Å². The Morgan fingerprint density at radius 1 is 1.11 bits per heavy atom. The van der Waals surface area contributed by atoms with Gasteiger partial charge < -0.3 is 24.6 Å². The monoisotopic (exact) mass is 398 g/mol. The number of methoxy groups -OCH3 is 1. The van der Waals surface area contributed by atoms with Gasteiger partial charge in [-0.05, 0) is 46.0 Å². The molecule has 1 aliphatic carbocycles. The van der Waals surface area contributed by atoms with Gasteiger partial charge in [0.25, 0.3) is 0 Å². The third-order valence-corrected chi connectivity index (χ3v) is 4.76. The predicted octanol–water partition coefficient (Wildman–Crippen LogP) is 2.34. The largest absolute Gasteiger partial charge is 0.469 e. The molecular weight excluding hydrogens is 360 g/mol. The van der Waals surface area contributed by atoms with Crippen molar-refractivity contribution < 1.29 is 19.1 Å². The van der Waals surface area contributed by atoms with Crippen molar-refractivity contribution in [2.45, 2.75) is 58.1 Å².